The number of carboxylic acids is 1. The summed E-state index contributed by atoms with van der Waals surface area (Å²) < 4.78 is 5.48. The largest absolute Gasteiger partial charge is 0.492 e. The Kier molecular flexibility index (Phi) is 7.02. The van der Waals surface area contributed by atoms with Gasteiger partial charge in [0.15, 0.2) is 0 Å². The number of rotatable bonds is 8. The van der Waals surface area contributed by atoms with E-state index in [2.05, 4.69) is 0 Å². The number of carboxylic acid groups (broad SMARTS) is 1. The fourth-order valence-corrected chi connectivity index (χ4v) is 2.14. The average Bonchev–Trinajstić information content (AvgIpc) is 2.42. The molecule has 1 aromatic rings. The third-order valence-corrected chi connectivity index (χ3v) is 3.29. The summed E-state index contributed by atoms with van der Waals surface area (Å²) in [6.07, 6.45) is 0.671. The van der Waals surface area contributed by atoms with Gasteiger partial charge in [-0.05, 0) is 19.4 Å². The molecule has 0 aromatic heterocycles. The van der Waals surface area contributed by atoms with E-state index in [1.807, 2.05) is 6.92 Å². The van der Waals surface area contributed by atoms with Crippen LogP contribution in [0.25, 0.3) is 0 Å². The number of carbonyl (C=O) groups excluding carboxylic acids is 1. The number of likely N-dealkylation sites (N-methyl/N-ethyl adjacent to an activating group) is 1. The van der Waals surface area contributed by atoms with Gasteiger partial charge in [0, 0.05) is 25.6 Å². The minimum Gasteiger partial charge on any atom is -0.492 e. The number of hydrogen-bond donors (Lipinski definition) is 1. The highest BCUT2D eigenvalue weighted by molar-refractivity contribution is 6.32. The predicted molar refractivity (Wildman–Crippen MR) is 80.8 cm³/mol. The summed E-state index contributed by atoms with van der Waals surface area (Å²) in [5, 5.41) is 9.07. The van der Waals surface area contributed by atoms with Gasteiger partial charge in [-0.15, -0.1) is 0 Å². The lowest BCUT2D eigenvalue weighted by molar-refractivity contribution is -0.138. The highest BCUT2D eigenvalue weighted by Gasteiger charge is 2.15. The van der Waals surface area contributed by atoms with Gasteiger partial charge in [0.1, 0.15) is 5.75 Å². The van der Waals surface area contributed by atoms with Crippen molar-refractivity contribution in [1.29, 1.82) is 0 Å². The van der Waals surface area contributed by atoms with Gasteiger partial charge in [0.25, 0.3) is 0 Å². The Morgan fingerprint density at radius 1 is 1.38 bits per heavy atom. The van der Waals surface area contributed by atoms with Crippen LogP contribution in [-0.4, -0.2) is 42.1 Å². The maximum absolute atomic E-state index is 12.1. The van der Waals surface area contributed by atoms with E-state index in [1.54, 1.807) is 25.2 Å². The molecule has 0 fully saturated rings. The summed E-state index contributed by atoms with van der Waals surface area (Å²) in [6, 6.07) is 5.30. The second-order valence-corrected chi connectivity index (χ2v) is 5.06. The molecule has 21 heavy (non-hydrogen) atoms. The van der Waals surface area contributed by atoms with Crippen LogP contribution < -0.4 is 4.74 Å². The summed E-state index contributed by atoms with van der Waals surface area (Å²) in [6.45, 7) is 2.74. The molecule has 1 aromatic carbocycles. The van der Waals surface area contributed by atoms with Crippen LogP contribution >= 0.6 is 11.6 Å². The molecule has 0 saturated heterocycles. The number of ether oxygens (including phenoxy) is 1. The molecule has 1 N–H and O–H groups in total. The molecule has 0 saturated carbocycles. The first-order chi connectivity index (χ1) is 9.95. The van der Waals surface area contributed by atoms with Gasteiger partial charge in [0.05, 0.1) is 18.1 Å². The molecule has 116 valence electrons. The van der Waals surface area contributed by atoms with E-state index in [1.165, 1.54) is 4.90 Å². The molecule has 0 radical (unpaired) electrons. The van der Waals surface area contributed by atoms with Crippen LogP contribution in [0.5, 0.6) is 5.75 Å². The standard InChI is InChI=1S/C15H20ClNO4/c1-3-21-15-11(6-4-7-12(15)16)10-13(18)17(2)9-5-8-14(19)20/h4,6-7H,3,5,8-10H2,1-2H3,(H,19,20). The van der Waals surface area contributed by atoms with E-state index >= 15 is 0 Å². The fraction of sp³-hybridized carbons (Fsp3) is 0.467. The summed E-state index contributed by atoms with van der Waals surface area (Å²) in [4.78, 5) is 24.1. The van der Waals surface area contributed by atoms with Crippen LogP contribution in [0.1, 0.15) is 25.3 Å². The van der Waals surface area contributed by atoms with E-state index in [4.69, 9.17) is 21.4 Å². The maximum Gasteiger partial charge on any atom is 0.303 e. The molecule has 6 heteroatoms. The Morgan fingerprint density at radius 2 is 2.10 bits per heavy atom. The lowest BCUT2D eigenvalue weighted by Gasteiger charge is -2.18. The molecule has 0 unspecified atom stereocenters. The van der Waals surface area contributed by atoms with Crippen molar-refractivity contribution in [2.45, 2.75) is 26.2 Å². The SMILES string of the molecule is CCOc1c(Cl)cccc1CC(=O)N(C)CCCC(=O)O. The molecule has 0 heterocycles. The van der Waals surface area contributed by atoms with E-state index in [-0.39, 0.29) is 18.7 Å². The summed E-state index contributed by atoms with van der Waals surface area (Å²) in [5.74, 6) is -0.415. The molecule has 0 aliphatic carbocycles. The third kappa shape index (κ3) is 5.63. The molecule has 5 nitrogen and oxygen atoms in total. The number of halogens is 1. The van der Waals surface area contributed by atoms with Crippen molar-refractivity contribution in [2.24, 2.45) is 0 Å². The summed E-state index contributed by atoms with van der Waals surface area (Å²) in [7, 11) is 1.66. The van der Waals surface area contributed by atoms with E-state index in [0.29, 0.717) is 30.3 Å². The topological polar surface area (TPSA) is 66.8 Å². The average molecular weight is 314 g/mol. The zero-order valence-corrected chi connectivity index (χ0v) is 13.0. The number of nitrogens with zero attached hydrogens (tertiary/aromatic N) is 1. The summed E-state index contributed by atoms with van der Waals surface area (Å²) >= 11 is 6.07. The van der Waals surface area contributed by atoms with E-state index < -0.39 is 5.97 Å². The normalized spacial score (nSPS) is 10.2. The second kappa shape index (κ2) is 8.52. The Labute approximate surface area is 129 Å². The first-order valence-corrected chi connectivity index (χ1v) is 7.19. The smallest absolute Gasteiger partial charge is 0.303 e. The highest BCUT2D eigenvalue weighted by atomic mass is 35.5. The van der Waals surface area contributed by atoms with Gasteiger partial charge in [0.2, 0.25) is 5.91 Å². The van der Waals surface area contributed by atoms with E-state index in [9.17, 15) is 9.59 Å². The van der Waals surface area contributed by atoms with Crippen molar-refractivity contribution in [3.63, 3.8) is 0 Å². The molecular formula is C15H20ClNO4. The van der Waals surface area contributed by atoms with Crippen molar-refractivity contribution in [1.82, 2.24) is 4.90 Å². The number of amides is 1. The van der Waals surface area contributed by atoms with Crippen LogP contribution in [0.15, 0.2) is 18.2 Å². The van der Waals surface area contributed by atoms with Crippen LogP contribution in [0.4, 0.5) is 0 Å². The van der Waals surface area contributed by atoms with Crippen LogP contribution in [0.3, 0.4) is 0 Å². The van der Waals surface area contributed by atoms with Crippen molar-refractivity contribution < 1.29 is 19.4 Å². The maximum atomic E-state index is 12.1. The first kappa shape index (κ1) is 17.3. The molecule has 0 aliphatic rings. The Morgan fingerprint density at radius 3 is 2.71 bits per heavy atom. The fourth-order valence-electron chi connectivity index (χ4n) is 1.89. The minimum atomic E-state index is -0.857. The van der Waals surface area contributed by atoms with Crippen LogP contribution in [0.2, 0.25) is 5.02 Å². The second-order valence-electron chi connectivity index (χ2n) is 4.65. The zero-order valence-electron chi connectivity index (χ0n) is 12.3. The van der Waals surface area contributed by atoms with Crippen LogP contribution in [0, 0.1) is 0 Å². The Hall–Kier alpha value is -1.75. The highest BCUT2D eigenvalue weighted by Crippen LogP contribution is 2.29. The molecular weight excluding hydrogens is 294 g/mol. The van der Waals surface area contributed by atoms with Crippen molar-refractivity contribution in [3.8, 4) is 5.75 Å². The number of aliphatic carboxylic acids is 1. The molecule has 0 spiro atoms. The van der Waals surface area contributed by atoms with Crippen LogP contribution in [-0.2, 0) is 16.0 Å². The molecule has 1 amide bonds. The molecule has 1 rings (SSSR count). The van der Waals surface area contributed by atoms with Crippen molar-refractivity contribution in [3.05, 3.63) is 28.8 Å². The Bertz CT molecular complexity index is 504. The van der Waals surface area contributed by atoms with Crippen molar-refractivity contribution >= 4 is 23.5 Å². The molecule has 0 aliphatic heterocycles. The number of para-hydroxylation sites is 1. The Balaban J connectivity index is 2.65. The third-order valence-electron chi connectivity index (χ3n) is 2.99. The van der Waals surface area contributed by atoms with E-state index in [0.717, 1.165) is 5.56 Å². The number of carbonyl (C=O) groups is 2. The minimum absolute atomic E-state index is 0.0545. The number of benzene rings is 1. The predicted octanol–water partition coefficient (Wildman–Crippen LogP) is 2.60. The quantitative estimate of drug-likeness (QED) is 0.801. The van der Waals surface area contributed by atoms with Gasteiger partial charge in [-0.3, -0.25) is 9.59 Å². The van der Waals surface area contributed by atoms with Crippen molar-refractivity contribution in [2.75, 3.05) is 20.2 Å². The zero-order chi connectivity index (χ0) is 15.8. The first-order valence-electron chi connectivity index (χ1n) is 6.81. The van der Waals surface area contributed by atoms with Gasteiger partial charge in [-0.2, -0.15) is 0 Å². The van der Waals surface area contributed by atoms with Gasteiger partial charge >= 0.3 is 5.97 Å². The van der Waals surface area contributed by atoms with Gasteiger partial charge in [-0.25, -0.2) is 0 Å². The molecule has 0 bridgehead atoms. The number of hydrogen-bond acceptors (Lipinski definition) is 3. The van der Waals surface area contributed by atoms with Gasteiger partial charge < -0.3 is 14.7 Å². The lowest BCUT2D eigenvalue weighted by atomic mass is 10.1. The molecule has 0 atom stereocenters. The van der Waals surface area contributed by atoms with Gasteiger partial charge in [-0.1, -0.05) is 23.7 Å². The summed E-state index contributed by atoms with van der Waals surface area (Å²) in [5.41, 5.74) is 0.736. The monoisotopic (exact) mass is 313 g/mol. The lowest BCUT2D eigenvalue weighted by Crippen LogP contribution is -2.29.